The minimum atomic E-state index is -4.01. The van der Waals surface area contributed by atoms with Gasteiger partial charge in [-0.15, -0.1) is 0 Å². The Kier molecular flexibility index (Phi) is 6.93. The van der Waals surface area contributed by atoms with Crippen molar-refractivity contribution >= 4 is 62.1 Å². The Morgan fingerprint density at radius 1 is 0.933 bits per heavy atom. The fraction of sp³-hybridized carbons (Fsp3) is 0.0952. The molecule has 156 valence electrons. The maximum atomic E-state index is 13.3. The Morgan fingerprint density at radius 3 is 2.27 bits per heavy atom. The van der Waals surface area contributed by atoms with Crippen molar-refractivity contribution in [3.05, 3.63) is 87.4 Å². The Hall–Kier alpha value is -2.25. The second kappa shape index (κ2) is 9.27. The van der Waals surface area contributed by atoms with Gasteiger partial charge in [0.05, 0.1) is 20.6 Å². The summed E-state index contributed by atoms with van der Waals surface area (Å²) in [6.45, 7) is 1.28. The Labute approximate surface area is 190 Å². The highest BCUT2D eigenvalue weighted by Crippen LogP contribution is 2.29. The van der Waals surface area contributed by atoms with Crippen LogP contribution in [0.4, 0.5) is 11.4 Å². The SMILES string of the molecule is Cc1cc(Cl)ccc1N(CC(=O)Nc1ccc(Cl)c(Cl)c1)S(=O)(=O)c1ccccc1. The summed E-state index contributed by atoms with van der Waals surface area (Å²) < 4.78 is 27.7. The number of carbonyl (C=O) groups is 1. The summed E-state index contributed by atoms with van der Waals surface area (Å²) in [7, 11) is -4.01. The predicted octanol–water partition coefficient (Wildman–Crippen LogP) is 5.79. The van der Waals surface area contributed by atoms with Gasteiger partial charge in [0.1, 0.15) is 6.54 Å². The average Bonchev–Trinajstić information content (AvgIpc) is 2.70. The van der Waals surface area contributed by atoms with E-state index in [0.717, 1.165) is 4.31 Å². The van der Waals surface area contributed by atoms with Crippen molar-refractivity contribution in [1.82, 2.24) is 0 Å². The third-order valence-electron chi connectivity index (χ3n) is 4.25. The molecule has 0 aliphatic rings. The maximum Gasteiger partial charge on any atom is 0.264 e. The molecular weight excluding hydrogens is 467 g/mol. The lowest BCUT2D eigenvalue weighted by Crippen LogP contribution is -2.38. The van der Waals surface area contributed by atoms with Crippen molar-refractivity contribution in [2.45, 2.75) is 11.8 Å². The van der Waals surface area contributed by atoms with Crippen molar-refractivity contribution < 1.29 is 13.2 Å². The molecule has 0 spiro atoms. The average molecular weight is 484 g/mol. The minimum Gasteiger partial charge on any atom is -0.324 e. The highest BCUT2D eigenvalue weighted by molar-refractivity contribution is 7.92. The zero-order valence-electron chi connectivity index (χ0n) is 15.8. The zero-order chi connectivity index (χ0) is 21.9. The molecule has 3 rings (SSSR count). The van der Waals surface area contributed by atoms with E-state index in [9.17, 15) is 13.2 Å². The molecule has 0 aliphatic heterocycles. The first kappa shape index (κ1) is 22.4. The first-order valence-corrected chi connectivity index (χ1v) is 11.3. The van der Waals surface area contributed by atoms with Gasteiger partial charge in [0.2, 0.25) is 5.91 Å². The Morgan fingerprint density at radius 2 is 1.63 bits per heavy atom. The van der Waals surface area contributed by atoms with Gasteiger partial charge < -0.3 is 5.32 Å². The standard InChI is InChI=1S/C21H17Cl3N2O3S/c1-14-11-15(22)7-10-20(14)26(30(28,29)17-5-3-2-4-6-17)13-21(27)25-16-8-9-18(23)19(24)12-16/h2-12H,13H2,1H3,(H,25,27). The molecule has 0 heterocycles. The molecule has 0 saturated carbocycles. The van der Waals surface area contributed by atoms with Gasteiger partial charge in [-0.1, -0.05) is 53.0 Å². The van der Waals surface area contributed by atoms with Gasteiger partial charge >= 0.3 is 0 Å². The van der Waals surface area contributed by atoms with Crippen LogP contribution in [0.5, 0.6) is 0 Å². The van der Waals surface area contributed by atoms with Crippen molar-refractivity contribution in [3.8, 4) is 0 Å². The van der Waals surface area contributed by atoms with E-state index >= 15 is 0 Å². The third kappa shape index (κ3) is 5.08. The first-order valence-electron chi connectivity index (χ1n) is 8.77. The van der Waals surface area contributed by atoms with Gasteiger partial charge in [-0.3, -0.25) is 9.10 Å². The topological polar surface area (TPSA) is 66.5 Å². The number of anilines is 2. The first-order chi connectivity index (χ1) is 14.2. The number of nitrogens with zero attached hydrogens (tertiary/aromatic N) is 1. The van der Waals surface area contributed by atoms with Crippen LogP contribution in [0, 0.1) is 6.92 Å². The fourth-order valence-corrected chi connectivity index (χ4v) is 4.85. The summed E-state index contributed by atoms with van der Waals surface area (Å²) in [5.41, 5.74) is 1.37. The van der Waals surface area contributed by atoms with Crippen LogP contribution >= 0.6 is 34.8 Å². The Balaban J connectivity index is 1.97. The second-order valence-electron chi connectivity index (χ2n) is 6.43. The van der Waals surface area contributed by atoms with Gasteiger partial charge in [0.25, 0.3) is 10.0 Å². The molecule has 0 aliphatic carbocycles. The summed E-state index contributed by atoms with van der Waals surface area (Å²) in [5.74, 6) is -0.540. The van der Waals surface area contributed by atoms with Crippen LogP contribution in [0.15, 0.2) is 71.6 Å². The molecule has 3 aromatic carbocycles. The lowest BCUT2D eigenvalue weighted by atomic mass is 10.2. The molecule has 0 radical (unpaired) electrons. The van der Waals surface area contributed by atoms with E-state index in [2.05, 4.69) is 5.32 Å². The van der Waals surface area contributed by atoms with Gasteiger partial charge in [-0.05, 0) is 61.0 Å². The molecule has 5 nitrogen and oxygen atoms in total. The molecule has 1 amide bonds. The van der Waals surface area contributed by atoms with E-state index in [4.69, 9.17) is 34.8 Å². The summed E-state index contributed by atoms with van der Waals surface area (Å²) in [6.07, 6.45) is 0. The van der Waals surface area contributed by atoms with Crippen molar-refractivity contribution in [2.75, 3.05) is 16.2 Å². The molecule has 3 aromatic rings. The second-order valence-corrected chi connectivity index (χ2v) is 9.55. The van der Waals surface area contributed by atoms with E-state index in [1.165, 1.54) is 18.2 Å². The molecule has 0 bridgehead atoms. The molecule has 0 fully saturated rings. The van der Waals surface area contributed by atoms with Gasteiger partial charge in [0, 0.05) is 10.7 Å². The minimum absolute atomic E-state index is 0.0710. The summed E-state index contributed by atoms with van der Waals surface area (Å²) in [4.78, 5) is 12.8. The fourth-order valence-electron chi connectivity index (χ4n) is 2.82. The molecule has 9 heteroatoms. The summed E-state index contributed by atoms with van der Waals surface area (Å²) >= 11 is 17.9. The molecule has 0 aromatic heterocycles. The van der Waals surface area contributed by atoms with Crippen molar-refractivity contribution in [1.29, 1.82) is 0 Å². The van der Waals surface area contributed by atoms with Crippen LogP contribution < -0.4 is 9.62 Å². The number of hydrogen-bond acceptors (Lipinski definition) is 3. The van der Waals surface area contributed by atoms with Crippen molar-refractivity contribution in [3.63, 3.8) is 0 Å². The Bertz CT molecular complexity index is 1190. The number of amides is 1. The van der Waals surface area contributed by atoms with Crippen LogP contribution in [-0.2, 0) is 14.8 Å². The van der Waals surface area contributed by atoms with Crippen LogP contribution in [0.2, 0.25) is 15.1 Å². The largest absolute Gasteiger partial charge is 0.324 e. The molecule has 30 heavy (non-hydrogen) atoms. The third-order valence-corrected chi connectivity index (χ3v) is 7.00. The lowest BCUT2D eigenvalue weighted by molar-refractivity contribution is -0.114. The molecule has 1 N–H and O–H groups in total. The highest BCUT2D eigenvalue weighted by Gasteiger charge is 2.28. The van der Waals surface area contributed by atoms with Crippen LogP contribution in [0.1, 0.15) is 5.56 Å². The van der Waals surface area contributed by atoms with Crippen LogP contribution in [-0.4, -0.2) is 20.9 Å². The van der Waals surface area contributed by atoms with Gasteiger partial charge in [-0.25, -0.2) is 8.42 Å². The van der Waals surface area contributed by atoms with E-state index in [0.29, 0.717) is 27.0 Å². The van der Waals surface area contributed by atoms with E-state index in [1.807, 2.05) is 0 Å². The number of aryl methyl sites for hydroxylation is 1. The maximum absolute atomic E-state index is 13.3. The summed E-state index contributed by atoms with van der Waals surface area (Å²) in [6, 6.07) is 17.3. The van der Waals surface area contributed by atoms with E-state index in [-0.39, 0.29) is 9.92 Å². The van der Waals surface area contributed by atoms with Gasteiger partial charge in [-0.2, -0.15) is 0 Å². The normalized spacial score (nSPS) is 11.2. The number of halogens is 3. The van der Waals surface area contributed by atoms with Crippen molar-refractivity contribution in [2.24, 2.45) is 0 Å². The predicted molar refractivity (Wildman–Crippen MR) is 122 cm³/mol. The molecular formula is C21H17Cl3N2O3S. The quantitative estimate of drug-likeness (QED) is 0.482. The monoisotopic (exact) mass is 482 g/mol. The molecule has 0 atom stereocenters. The zero-order valence-corrected chi connectivity index (χ0v) is 18.9. The molecule has 0 saturated heterocycles. The molecule has 0 unspecified atom stereocenters. The van der Waals surface area contributed by atoms with E-state index in [1.54, 1.807) is 55.5 Å². The number of sulfonamides is 1. The number of hydrogen-bond donors (Lipinski definition) is 1. The lowest BCUT2D eigenvalue weighted by Gasteiger charge is -2.25. The number of benzene rings is 3. The number of rotatable bonds is 6. The van der Waals surface area contributed by atoms with Crippen LogP contribution in [0.3, 0.4) is 0 Å². The van der Waals surface area contributed by atoms with Crippen LogP contribution in [0.25, 0.3) is 0 Å². The number of nitrogens with one attached hydrogen (secondary N) is 1. The van der Waals surface area contributed by atoms with Gasteiger partial charge in [0.15, 0.2) is 0 Å². The number of carbonyl (C=O) groups excluding carboxylic acids is 1. The highest BCUT2D eigenvalue weighted by atomic mass is 35.5. The summed E-state index contributed by atoms with van der Waals surface area (Å²) in [5, 5.41) is 3.74. The van der Waals surface area contributed by atoms with E-state index < -0.39 is 22.5 Å². The smallest absolute Gasteiger partial charge is 0.264 e.